The van der Waals surface area contributed by atoms with Gasteiger partial charge in [-0.1, -0.05) is 49.8 Å². The van der Waals surface area contributed by atoms with Gasteiger partial charge < -0.3 is 15.2 Å². The number of allylic oxidation sites excluding steroid dienone is 1. The Morgan fingerprint density at radius 3 is 2.72 bits per heavy atom. The Bertz CT molecular complexity index is 1060. The third-order valence-electron chi connectivity index (χ3n) is 4.61. The van der Waals surface area contributed by atoms with Gasteiger partial charge in [-0.15, -0.1) is 6.58 Å². The van der Waals surface area contributed by atoms with Crippen LogP contribution < -0.4 is 5.32 Å². The lowest BCUT2D eigenvalue weighted by atomic mass is 10.0. The predicted octanol–water partition coefficient (Wildman–Crippen LogP) is 5.10. The number of carbonyl (C=O) groups excluding carboxylic acids is 1. The predicted molar refractivity (Wildman–Crippen MR) is 131 cm³/mol. The number of imidazole rings is 1. The van der Waals surface area contributed by atoms with Gasteiger partial charge in [0.25, 0.3) is 0 Å². The molecule has 0 aliphatic rings. The molecule has 0 spiro atoms. The normalized spacial score (nSPS) is 10.7. The molecule has 7 heteroatoms. The number of carbonyl (C=O) groups is 1. The van der Waals surface area contributed by atoms with Crippen LogP contribution in [0.1, 0.15) is 32.0 Å². The number of likely N-dealkylation sites (N-methyl/N-ethyl adjacent to an activating group) is 1. The van der Waals surface area contributed by atoms with Crippen molar-refractivity contribution in [2.45, 2.75) is 27.7 Å². The summed E-state index contributed by atoms with van der Waals surface area (Å²) in [7, 11) is 1.73. The van der Waals surface area contributed by atoms with Gasteiger partial charge in [-0.25, -0.2) is 14.8 Å². The quantitative estimate of drug-likeness (QED) is 0.509. The topological polar surface area (TPSA) is 86.8 Å². The van der Waals surface area contributed by atoms with Crippen LogP contribution in [0.15, 0.2) is 61.6 Å². The van der Waals surface area contributed by atoms with Crippen molar-refractivity contribution in [3.05, 3.63) is 72.8 Å². The van der Waals surface area contributed by atoms with E-state index in [1.54, 1.807) is 36.6 Å². The van der Waals surface area contributed by atoms with Crippen molar-refractivity contribution in [1.82, 2.24) is 30.2 Å². The Balaban J connectivity index is 0.00000176. The molecule has 2 N–H and O–H groups in total. The van der Waals surface area contributed by atoms with Crippen LogP contribution in [0, 0.1) is 6.92 Å². The van der Waals surface area contributed by atoms with Crippen LogP contribution in [0.2, 0.25) is 0 Å². The first-order chi connectivity index (χ1) is 15.5. The van der Waals surface area contributed by atoms with Crippen molar-refractivity contribution in [2.24, 2.45) is 0 Å². The molecule has 0 aliphatic carbocycles. The molecule has 0 radical (unpaired) electrons. The maximum atomic E-state index is 12.1. The fourth-order valence-electron chi connectivity index (χ4n) is 3.01. The molecule has 0 bridgehead atoms. The Hall–Kier alpha value is -3.74. The molecule has 2 heterocycles. The lowest BCUT2D eigenvalue weighted by Crippen LogP contribution is -2.37. The number of nitrogens with zero attached hydrogens (tertiary/aromatic N) is 4. The Labute approximate surface area is 190 Å². The molecular formula is C25H32N6O. The molecule has 32 heavy (non-hydrogen) atoms. The molecule has 0 atom stereocenters. The minimum Gasteiger partial charge on any atom is -0.336 e. The van der Waals surface area contributed by atoms with Gasteiger partial charge in [0.1, 0.15) is 5.69 Å². The molecular weight excluding hydrogens is 400 g/mol. The molecule has 0 saturated heterocycles. The monoisotopic (exact) mass is 432 g/mol. The Morgan fingerprint density at radius 1 is 1.28 bits per heavy atom. The summed E-state index contributed by atoms with van der Waals surface area (Å²) < 4.78 is 0. The summed E-state index contributed by atoms with van der Waals surface area (Å²) in [5.41, 5.74) is 5.53. The molecule has 3 rings (SSSR count). The van der Waals surface area contributed by atoms with E-state index >= 15 is 0 Å². The third-order valence-corrected chi connectivity index (χ3v) is 4.61. The van der Waals surface area contributed by atoms with Crippen LogP contribution in [-0.2, 0) is 0 Å². The van der Waals surface area contributed by atoms with Crippen LogP contribution in [0.5, 0.6) is 0 Å². The number of hydrogen-bond donors (Lipinski definition) is 2. The number of amides is 2. The van der Waals surface area contributed by atoms with E-state index in [0.717, 1.165) is 28.1 Å². The zero-order valence-corrected chi connectivity index (χ0v) is 19.5. The van der Waals surface area contributed by atoms with Gasteiger partial charge in [0.15, 0.2) is 5.82 Å². The van der Waals surface area contributed by atoms with Crippen molar-refractivity contribution >= 4 is 11.6 Å². The van der Waals surface area contributed by atoms with E-state index in [9.17, 15) is 4.79 Å². The van der Waals surface area contributed by atoms with Gasteiger partial charge in [0.05, 0.1) is 17.6 Å². The Morgan fingerprint density at radius 2 is 2.06 bits per heavy atom. The molecule has 7 nitrogen and oxygen atoms in total. The lowest BCUT2D eigenvalue weighted by molar-refractivity contribution is 0.214. The van der Waals surface area contributed by atoms with E-state index in [4.69, 9.17) is 4.98 Å². The molecule has 3 aromatic rings. The van der Waals surface area contributed by atoms with Gasteiger partial charge in [-0.05, 0) is 25.5 Å². The average Bonchev–Trinajstić information content (AvgIpc) is 3.27. The van der Waals surface area contributed by atoms with Gasteiger partial charge in [0.2, 0.25) is 0 Å². The highest BCUT2D eigenvalue weighted by Crippen LogP contribution is 2.30. The highest BCUT2D eigenvalue weighted by Gasteiger charge is 2.16. The standard InChI is InChI=1S/C23H26N6O.C2H6/c1-5-13-29(4)23(30)26-10-9-17(3)20-21(18-8-6-7-16(2)14-18)28-22(27-20)19-15-24-11-12-25-19;1-2/h5-9,11-12,14-15H,1,10,13H2,2-4H3,(H,26,30)(H,27,28);1-2H3/b17-9+;. The molecule has 0 saturated carbocycles. The highest BCUT2D eigenvalue weighted by molar-refractivity contribution is 5.79. The smallest absolute Gasteiger partial charge is 0.317 e. The molecule has 1 aromatic carbocycles. The van der Waals surface area contributed by atoms with Gasteiger partial charge in [-0.3, -0.25) is 4.98 Å². The zero-order valence-electron chi connectivity index (χ0n) is 19.5. The highest BCUT2D eigenvalue weighted by atomic mass is 16.2. The van der Waals surface area contributed by atoms with Crippen LogP contribution in [0.25, 0.3) is 28.3 Å². The molecule has 0 fully saturated rings. The number of rotatable bonds is 7. The maximum absolute atomic E-state index is 12.1. The summed E-state index contributed by atoms with van der Waals surface area (Å²) in [4.78, 5) is 30.3. The summed E-state index contributed by atoms with van der Waals surface area (Å²) in [6, 6.07) is 8.05. The third kappa shape index (κ3) is 6.38. The molecule has 0 unspecified atom stereocenters. The SMILES string of the molecule is C=CCN(C)C(=O)NC/C=C(\C)c1[nH]c(-c2cnccn2)nc1-c1cccc(C)c1.CC. The lowest BCUT2D eigenvalue weighted by Gasteiger charge is -2.15. The number of urea groups is 1. The van der Waals surface area contributed by atoms with Crippen molar-refractivity contribution in [1.29, 1.82) is 0 Å². The first-order valence-electron chi connectivity index (χ1n) is 10.7. The van der Waals surface area contributed by atoms with Crippen molar-refractivity contribution in [2.75, 3.05) is 20.1 Å². The van der Waals surface area contributed by atoms with Crippen molar-refractivity contribution in [3.63, 3.8) is 0 Å². The van der Waals surface area contributed by atoms with Gasteiger partial charge >= 0.3 is 6.03 Å². The van der Waals surface area contributed by atoms with Crippen LogP contribution in [0.3, 0.4) is 0 Å². The van der Waals surface area contributed by atoms with Crippen LogP contribution >= 0.6 is 0 Å². The van der Waals surface area contributed by atoms with Crippen molar-refractivity contribution in [3.8, 4) is 22.8 Å². The maximum Gasteiger partial charge on any atom is 0.317 e. The van der Waals surface area contributed by atoms with E-state index in [1.807, 2.05) is 39.0 Å². The largest absolute Gasteiger partial charge is 0.336 e. The second kappa shape index (κ2) is 12.2. The Kier molecular flexibility index (Phi) is 9.35. The summed E-state index contributed by atoms with van der Waals surface area (Å²) in [5, 5.41) is 2.88. The molecule has 2 amide bonds. The van der Waals surface area contributed by atoms with Crippen LogP contribution in [0.4, 0.5) is 4.79 Å². The van der Waals surface area contributed by atoms with Crippen molar-refractivity contribution < 1.29 is 4.79 Å². The fourth-order valence-corrected chi connectivity index (χ4v) is 3.01. The molecule has 0 aliphatic heterocycles. The average molecular weight is 433 g/mol. The number of H-pyrrole nitrogens is 1. The number of aromatic amines is 1. The van der Waals surface area contributed by atoms with Gasteiger partial charge in [-0.2, -0.15) is 0 Å². The number of aromatic nitrogens is 4. The van der Waals surface area contributed by atoms with E-state index in [0.29, 0.717) is 24.6 Å². The summed E-state index contributed by atoms with van der Waals surface area (Å²) >= 11 is 0. The van der Waals surface area contributed by atoms with E-state index in [2.05, 4.69) is 45.9 Å². The van der Waals surface area contributed by atoms with Gasteiger partial charge in [0, 0.05) is 38.1 Å². The van der Waals surface area contributed by atoms with Crippen LogP contribution in [-0.4, -0.2) is 51.0 Å². The molecule has 2 aromatic heterocycles. The fraction of sp³-hybridized carbons (Fsp3) is 0.280. The second-order valence-electron chi connectivity index (χ2n) is 7.01. The zero-order chi connectivity index (χ0) is 23.5. The summed E-state index contributed by atoms with van der Waals surface area (Å²) in [6.45, 7) is 12.6. The summed E-state index contributed by atoms with van der Waals surface area (Å²) in [5.74, 6) is 0.650. The number of benzene rings is 1. The summed E-state index contributed by atoms with van der Waals surface area (Å²) in [6.07, 6.45) is 8.60. The number of aryl methyl sites for hydroxylation is 1. The first-order valence-corrected chi connectivity index (χ1v) is 10.7. The number of hydrogen-bond acceptors (Lipinski definition) is 4. The second-order valence-corrected chi connectivity index (χ2v) is 7.01. The minimum atomic E-state index is -0.150. The minimum absolute atomic E-state index is 0.150. The number of nitrogens with one attached hydrogen (secondary N) is 2. The van der Waals surface area contributed by atoms with E-state index < -0.39 is 0 Å². The first kappa shape index (κ1) is 24.5. The molecule has 168 valence electrons. The van der Waals surface area contributed by atoms with E-state index in [-0.39, 0.29) is 6.03 Å². The van der Waals surface area contributed by atoms with E-state index in [1.165, 1.54) is 0 Å².